The van der Waals surface area contributed by atoms with Gasteiger partial charge in [-0.05, 0) is 37.5 Å². The maximum absolute atomic E-state index is 10.7. The molecule has 2 rings (SSSR count). The van der Waals surface area contributed by atoms with Crippen molar-refractivity contribution in [2.24, 2.45) is 11.8 Å². The number of hydrogen-bond acceptors (Lipinski definition) is 1. The molecular formula is C11H14O2. The molecule has 0 spiro atoms. The Hall–Kier alpha value is -1.05. The summed E-state index contributed by atoms with van der Waals surface area (Å²) in [6, 6.07) is 0. The van der Waals surface area contributed by atoms with Crippen molar-refractivity contribution in [2.75, 3.05) is 0 Å². The minimum Gasteiger partial charge on any atom is -0.478 e. The Labute approximate surface area is 78.0 Å². The number of rotatable bonds is 1. The lowest BCUT2D eigenvalue weighted by Crippen LogP contribution is -2.30. The molecule has 2 unspecified atom stereocenters. The van der Waals surface area contributed by atoms with Crippen LogP contribution in [0.15, 0.2) is 23.8 Å². The van der Waals surface area contributed by atoms with Crippen molar-refractivity contribution in [3.05, 3.63) is 23.8 Å². The fourth-order valence-corrected chi connectivity index (χ4v) is 2.27. The van der Waals surface area contributed by atoms with E-state index >= 15 is 0 Å². The van der Waals surface area contributed by atoms with Crippen molar-refractivity contribution in [1.82, 2.24) is 0 Å². The summed E-state index contributed by atoms with van der Waals surface area (Å²) in [6.45, 7) is 0. The van der Waals surface area contributed by atoms with Gasteiger partial charge in [0.15, 0.2) is 0 Å². The smallest absolute Gasteiger partial charge is 0.331 e. The molecular weight excluding hydrogens is 164 g/mol. The normalized spacial score (nSPS) is 32.2. The molecule has 70 valence electrons. The highest BCUT2D eigenvalue weighted by atomic mass is 16.4. The molecule has 2 nitrogen and oxygen atoms in total. The van der Waals surface area contributed by atoms with Crippen molar-refractivity contribution in [2.45, 2.75) is 25.7 Å². The molecule has 0 fully saturated rings. The van der Waals surface area contributed by atoms with Crippen LogP contribution < -0.4 is 0 Å². The first-order chi connectivity index (χ1) is 6.29. The van der Waals surface area contributed by atoms with Gasteiger partial charge in [-0.2, -0.15) is 0 Å². The standard InChI is InChI=1S/C11H14O2/c12-11(13)10-7-8-5-3-1-2-4-6-9(8)10/h1-2,7-9H,3-6H2,(H,12,13). The summed E-state index contributed by atoms with van der Waals surface area (Å²) < 4.78 is 0. The Morgan fingerprint density at radius 1 is 1.31 bits per heavy atom. The minimum absolute atomic E-state index is 0.336. The molecule has 0 radical (unpaired) electrons. The average Bonchev–Trinajstić information content (AvgIpc) is 2.03. The summed E-state index contributed by atoms with van der Waals surface area (Å²) >= 11 is 0. The van der Waals surface area contributed by atoms with E-state index in [9.17, 15) is 4.79 Å². The molecule has 0 amide bonds. The van der Waals surface area contributed by atoms with E-state index in [1.807, 2.05) is 6.08 Å². The summed E-state index contributed by atoms with van der Waals surface area (Å²) in [7, 11) is 0. The molecule has 1 N–H and O–H groups in total. The fourth-order valence-electron chi connectivity index (χ4n) is 2.27. The molecule has 0 saturated carbocycles. The number of aliphatic carboxylic acids is 1. The summed E-state index contributed by atoms with van der Waals surface area (Å²) in [5.41, 5.74) is 0.653. The number of carbonyl (C=O) groups is 1. The van der Waals surface area contributed by atoms with E-state index < -0.39 is 5.97 Å². The zero-order valence-corrected chi connectivity index (χ0v) is 7.57. The van der Waals surface area contributed by atoms with Gasteiger partial charge in [0.25, 0.3) is 0 Å². The third-order valence-corrected chi connectivity index (χ3v) is 3.03. The predicted molar refractivity (Wildman–Crippen MR) is 50.3 cm³/mol. The van der Waals surface area contributed by atoms with Crippen molar-refractivity contribution in [1.29, 1.82) is 0 Å². The monoisotopic (exact) mass is 178 g/mol. The molecule has 2 aliphatic carbocycles. The van der Waals surface area contributed by atoms with Crippen LogP contribution in [0.1, 0.15) is 25.7 Å². The predicted octanol–water partition coefficient (Wildman–Crippen LogP) is 2.37. The molecule has 0 aliphatic heterocycles. The Balaban J connectivity index is 2.07. The third kappa shape index (κ3) is 1.53. The highest BCUT2D eigenvalue weighted by molar-refractivity contribution is 5.89. The first-order valence-electron chi connectivity index (χ1n) is 4.89. The molecule has 2 atom stereocenters. The van der Waals surface area contributed by atoms with Gasteiger partial charge in [0.2, 0.25) is 0 Å². The van der Waals surface area contributed by atoms with E-state index in [-0.39, 0.29) is 0 Å². The van der Waals surface area contributed by atoms with E-state index in [1.54, 1.807) is 0 Å². The number of allylic oxidation sites excluding steroid dienone is 3. The van der Waals surface area contributed by atoms with Gasteiger partial charge in [-0.3, -0.25) is 0 Å². The Morgan fingerprint density at radius 3 is 2.69 bits per heavy atom. The lowest BCUT2D eigenvalue weighted by molar-refractivity contribution is -0.134. The van der Waals surface area contributed by atoms with E-state index in [1.165, 1.54) is 0 Å². The lowest BCUT2D eigenvalue weighted by atomic mass is 9.69. The molecule has 0 aromatic rings. The van der Waals surface area contributed by atoms with Crippen molar-refractivity contribution < 1.29 is 9.90 Å². The van der Waals surface area contributed by atoms with Gasteiger partial charge >= 0.3 is 5.97 Å². The molecule has 2 heteroatoms. The van der Waals surface area contributed by atoms with Gasteiger partial charge in [0.05, 0.1) is 0 Å². The Bertz CT molecular complexity index is 276. The van der Waals surface area contributed by atoms with Crippen molar-refractivity contribution in [3.63, 3.8) is 0 Å². The summed E-state index contributed by atoms with van der Waals surface area (Å²) in [5, 5.41) is 8.85. The largest absolute Gasteiger partial charge is 0.478 e. The number of carboxylic acid groups (broad SMARTS) is 1. The minimum atomic E-state index is -0.717. The van der Waals surface area contributed by atoms with Gasteiger partial charge in [-0.25, -0.2) is 4.79 Å². The molecule has 0 heterocycles. The van der Waals surface area contributed by atoms with E-state index in [0.717, 1.165) is 25.7 Å². The molecule has 0 bridgehead atoms. The summed E-state index contributed by atoms with van der Waals surface area (Å²) in [5.74, 6) is 0.157. The van der Waals surface area contributed by atoms with Gasteiger partial charge in [-0.1, -0.05) is 18.2 Å². The second-order valence-corrected chi connectivity index (χ2v) is 3.82. The van der Waals surface area contributed by atoms with Crippen LogP contribution in [0.4, 0.5) is 0 Å². The fraction of sp³-hybridized carbons (Fsp3) is 0.545. The summed E-state index contributed by atoms with van der Waals surface area (Å²) in [6.07, 6.45) is 10.6. The highest BCUT2D eigenvalue weighted by Crippen LogP contribution is 2.40. The molecule has 13 heavy (non-hydrogen) atoms. The molecule has 2 aliphatic rings. The number of carboxylic acids is 1. The average molecular weight is 178 g/mol. The zero-order chi connectivity index (χ0) is 9.26. The molecule has 0 aromatic heterocycles. The van der Waals surface area contributed by atoms with Crippen LogP contribution in [0, 0.1) is 11.8 Å². The van der Waals surface area contributed by atoms with Gasteiger partial charge in [-0.15, -0.1) is 0 Å². The van der Waals surface area contributed by atoms with Crippen LogP contribution in [0.2, 0.25) is 0 Å². The van der Waals surface area contributed by atoms with Gasteiger partial charge in [0.1, 0.15) is 0 Å². The number of fused-ring (bicyclic) bond motifs is 1. The lowest BCUT2D eigenvalue weighted by Gasteiger charge is -2.34. The number of hydrogen-bond donors (Lipinski definition) is 1. The Morgan fingerprint density at radius 2 is 2.00 bits per heavy atom. The third-order valence-electron chi connectivity index (χ3n) is 3.03. The second kappa shape index (κ2) is 3.36. The maximum Gasteiger partial charge on any atom is 0.331 e. The second-order valence-electron chi connectivity index (χ2n) is 3.82. The van der Waals surface area contributed by atoms with Crippen LogP contribution in [-0.2, 0) is 4.79 Å². The van der Waals surface area contributed by atoms with Crippen LogP contribution in [0.25, 0.3) is 0 Å². The molecule has 0 saturated heterocycles. The SMILES string of the molecule is O=C(O)C1=CC2CCC=CCCC12. The van der Waals surface area contributed by atoms with Crippen LogP contribution >= 0.6 is 0 Å². The van der Waals surface area contributed by atoms with Crippen LogP contribution in [0.3, 0.4) is 0 Å². The van der Waals surface area contributed by atoms with Gasteiger partial charge in [0, 0.05) is 5.57 Å². The zero-order valence-electron chi connectivity index (χ0n) is 7.57. The van der Waals surface area contributed by atoms with E-state index in [0.29, 0.717) is 17.4 Å². The topological polar surface area (TPSA) is 37.3 Å². The quantitative estimate of drug-likeness (QED) is 0.626. The van der Waals surface area contributed by atoms with Crippen LogP contribution in [0.5, 0.6) is 0 Å². The van der Waals surface area contributed by atoms with E-state index in [4.69, 9.17) is 5.11 Å². The first kappa shape index (κ1) is 8.54. The highest BCUT2D eigenvalue weighted by Gasteiger charge is 2.35. The van der Waals surface area contributed by atoms with Crippen molar-refractivity contribution in [3.8, 4) is 0 Å². The van der Waals surface area contributed by atoms with E-state index in [2.05, 4.69) is 12.2 Å². The first-order valence-corrected chi connectivity index (χ1v) is 4.89. The van der Waals surface area contributed by atoms with Gasteiger partial charge < -0.3 is 5.11 Å². The molecule has 0 aromatic carbocycles. The van der Waals surface area contributed by atoms with Crippen LogP contribution in [-0.4, -0.2) is 11.1 Å². The maximum atomic E-state index is 10.7. The summed E-state index contributed by atoms with van der Waals surface area (Å²) in [4.78, 5) is 10.7. The Kier molecular flexibility index (Phi) is 2.21. The van der Waals surface area contributed by atoms with Crippen molar-refractivity contribution >= 4 is 5.97 Å².